The van der Waals surface area contributed by atoms with Crippen LogP contribution in [-0.4, -0.2) is 49.3 Å². The number of nitrogens with zero attached hydrogens (tertiary/aromatic N) is 2. The lowest BCUT2D eigenvalue weighted by Crippen LogP contribution is -2.22. The van der Waals surface area contributed by atoms with Crippen molar-refractivity contribution in [3.63, 3.8) is 0 Å². The van der Waals surface area contributed by atoms with Crippen LogP contribution in [0.15, 0.2) is 35.1 Å². The summed E-state index contributed by atoms with van der Waals surface area (Å²) >= 11 is 0. The minimum atomic E-state index is -0.210. The second kappa shape index (κ2) is 8.00. The van der Waals surface area contributed by atoms with Crippen molar-refractivity contribution in [2.45, 2.75) is 13.1 Å². The fourth-order valence-corrected chi connectivity index (χ4v) is 3.40. The van der Waals surface area contributed by atoms with Gasteiger partial charge in [0, 0.05) is 12.6 Å². The molecule has 2 aromatic carbocycles. The Labute approximate surface area is 168 Å². The van der Waals surface area contributed by atoms with Crippen LogP contribution in [0.25, 0.3) is 10.9 Å². The van der Waals surface area contributed by atoms with E-state index in [0.717, 1.165) is 17.1 Å². The summed E-state index contributed by atoms with van der Waals surface area (Å²) in [4.78, 5) is 22.0. The van der Waals surface area contributed by atoms with Gasteiger partial charge in [-0.25, -0.2) is 4.98 Å². The second-order valence-corrected chi connectivity index (χ2v) is 6.89. The second-order valence-electron chi connectivity index (χ2n) is 6.89. The summed E-state index contributed by atoms with van der Waals surface area (Å²) in [6.07, 6.45) is 0. The zero-order chi connectivity index (χ0) is 20.4. The Bertz CT molecular complexity index is 1100. The van der Waals surface area contributed by atoms with E-state index in [0.29, 0.717) is 54.5 Å². The quantitative estimate of drug-likeness (QED) is 0.683. The summed E-state index contributed by atoms with van der Waals surface area (Å²) in [5, 5.41) is 0.459. The van der Waals surface area contributed by atoms with Gasteiger partial charge in [0.2, 0.25) is 0 Å². The van der Waals surface area contributed by atoms with Crippen molar-refractivity contribution < 1.29 is 18.9 Å². The number of fused-ring (bicyclic) bond motifs is 2. The average Bonchev–Trinajstić information content (AvgIpc) is 2.72. The summed E-state index contributed by atoms with van der Waals surface area (Å²) in [6.45, 7) is 2.28. The van der Waals surface area contributed by atoms with Gasteiger partial charge in [-0.05, 0) is 30.8 Å². The number of benzene rings is 2. The molecule has 0 amide bonds. The number of hydrogen-bond acceptors (Lipinski definition) is 7. The summed E-state index contributed by atoms with van der Waals surface area (Å²) in [7, 11) is 5.06. The van der Waals surface area contributed by atoms with Crippen molar-refractivity contribution in [2.75, 3.05) is 34.5 Å². The Hall–Kier alpha value is -3.26. The predicted molar refractivity (Wildman–Crippen MR) is 108 cm³/mol. The van der Waals surface area contributed by atoms with E-state index < -0.39 is 0 Å². The van der Waals surface area contributed by atoms with Crippen molar-refractivity contribution in [2.24, 2.45) is 0 Å². The van der Waals surface area contributed by atoms with Gasteiger partial charge in [-0.1, -0.05) is 6.07 Å². The SMILES string of the molecule is COc1cc2nc(CN(C)Cc3ccc4c(c3)OCCO4)[nH]c(=O)c2cc1OC. The third-order valence-electron chi connectivity index (χ3n) is 4.74. The highest BCUT2D eigenvalue weighted by Gasteiger charge is 2.14. The Kier molecular flexibility index (Phi) is 5.26. The summed E-state index contributed by atoms with van der Waals surface area (Å²) < 4.78 is 21.8. The highest BCUT2D eigenvalue weighted by Crippen LogP contribution is 2.31. The summed E-state index contributed by atoms with van der Waals surface area (Å²) in [5.41, 5.74) is 1.44. The number of aromatic nitrogens is 2. The number of H-pyrrole nitrogens is 1. The third kappa shape index (κ3) is 3.97. The maximum atomic E-state index is 12.5. The van der Waals surface area contributed by atoms with Crippen LogP contribution in [0.4, 0.5) is 0 Å². The molecular weight excluding hydrogens is 374 g/mol. The molecule has 0 unspecified atom stereocenters. The van der Waals surface area contributed by atoms with Crippen molar-refractivity contribution >= 4 is 10.9 Å². The monoisotopic (exact) mass is 397 g/mol. The van der Waals surface area contributed by atoms with Gasteiger partial charge in [-0.2, -0.15) is 0 Å². The molecule has 152 valence electrons. The van der Waals surface area contributed by atoms with Crippen LogP contribution in [-0.2, 0) is 13.1 Å². The van der Waals surface area contributed by atoms with E-state index in [4.69, 9.17) is 18.9 Å². The molecule has 0 spiro atoms. The highest BCUT2D eigenvalue weighted by molar-refractivity contribution is 5.81. The molecule has 1 aliphatic rings. The van der Waals surface area contributed by atoms with E-state index in [1.807, 2.05) is 25.2 Å². The van der Waals surface area contributed by atoms with E-state index in [1.54, 1.807) is 19.2 Å². The summed E-state index contributed by atoms with van der Waals surface area (Å²) in [6, 6.07) is 9.28. The van der Waals surface area contributed by atoms with E-state index in [9.17, 15) is 4.79 Å². The molecule has 3 aromatic rings. The Morgan fingerprint density at radius 1 is 1.03 bits per heavy atom. The van der Waals surface area contributed by atoms with Crippen LogP contribution in [0.3, 0.4) is 0 Å². The molecule has 8 heteroatoms. The van der Waals surface area contributed by atoms with E-state index in [1.165, 1.54) is 7.11 Å². The molecule has 0 atom stereocenters. The van der Waals surface area contributed by atoms with Crippen LogP contribution in [0, 0.1) is 0 Å². The van der Waals surface area contributed by atoms with Crippen molar-refractivity contribution in [3.8, 4) is 23.0 Å². The fraction of sp³-hybridized carbons (Fsp3) is 0.333. The third-order valence-corrected chi connectivity index (χ3v) is 4.74. The lowest BCUT2D eigenvalue weighted by atomic mass is 10.2. The maximum Gasteiger partial charge on any atom is 0.258 e. The highest BCUT2D eigenvalue weighted by atomic mass is 16.6. The van der Waals surface area contributed by atoms with Crippen molar-refractivity contribution in [1.82, 2.24) is 14.9 Å². The van der Waals surface area contributed by atoms with E-state index in [2.05, 4.69) is 14.9 Å². The number of nitrogens with one attached hydrogen (secondary N) is 1. The van der Waals surface area contributed by atoms with E-state index in [-0.39, 0.29) is 5.56 Å². The Morgan fingerprint density at radius 2 is 1.76 bits per heavy atom. The number of aromatic amines is 1. The molecule has 0 aliphatic carbocycles. The molecule has 0 saturated carbocycles. The standard InChI is InChI=1S/C21H23N3O5/c1-24(11-13-4-5-16-19(8-13)29-7-6-28-16)12-20-22-15-10-18(27-3)17(26-2)9-14(15)21(25)23-20/h4-5,8-10H,6-7,11-12H2,1-3H3,(H,22,23,25). The van der Waals surface area contributed by atoms with Gasteiger partial charge in [0.15, 0.2) is 23.0 Å². The molecular formula is C21H23N3O5. The zero-order valence-corrected chi connectivity index (χ0v) is 16.7. The molecule has 0 fully saturated rings. The number of rotatable bonds is 6. The van der Waals surface area contributed by atoms with Crippen LogP contribution < -0.4 is 24.5 Å². The first kappa shape index (κ1) is 19.1. The van der Waals surface area contributed by atoms with Crippen LogP contribution >= 0.6 is 0 Å². The largest absolute Gasteiger partial charge is 0.493 e. The molecule has 8 nitrogen and oxygen atoms in total. The molecule has 1 aromatic heterocycles. The van der Waals surface area contributed by atoms with Gasteiger partial charge in [0.05, 0.1) is 31.7 Å². The van der Waals surface area contributed by atoms with Crippen molar-refractivity contribution in [1.29, 1.82) is 0 Å². The topological polar surface area (TPSA) is 85.9 Å². The van der Waals surface area contributed by atoms with Gasteiger partial charge < -0.3 is 23.9 Å². The number of methoxy groups -OCH3 is 2. The molecule has 1 N–H and O–H groups in total. The van der Waals surface area contributed by atoms with Gasteiger partial charge in [-0.15, -0.1) is 0 Å². The van der Waals surface area contributed by atoms with Crippen LogP contribution in [0.2, 0.25) is 0 Å². The van der Waals surface area contributed by atoms with Gasteiger partial charge >= 0.3 is 0 Å². The lowest BCUT2D eigenvalue weighted by molar-refractivity contribution is 0.171. The summed E-state index contributed by atoms with van der Waals surface area (Å²) in [5.74, 6) is 3.15. The van der Waals surface area contributed by atoms with Gasteiger partial charge in [0.1, 0.15) is 19.0 Å². The molecule has 1 aliphatic heterocycles. The minimum Gasteiger partial charge on any atom is -0.493 e. The molecule has 0 radical (unpaired) electrons. The van der Waals surface area contributed by atoms with Crippen molar-refractivity contribution in [3.05, 3.63) is 52.1 Å². The smallest absolute Gasteiger partial charge is 0.258 e. The minimum absolute atomic E-state index is 0.210. The molecule has 4 rings (SSSR count). The fourth-order valence-electron chi connectivity index (χ4n) is 3.40. The molecule has 0 bridgehead atoms. The first-order valence-electron chi connectivity index (χ1n) is 9.29. The number of hydrogen-bond donors (Lipinski definition) is 1. The Balaban J connectivity index is 1.54. The van der Waals surface area contributed by atoms with Gasteiger partial charge in [-0.3, -0.25) is 9.69 Å². The van der Waals surface area contributed by atoms with E-state index >= 15 is 0 Å². The molecule has 0 saturated heterocycles. The molecule has 2 heterocycles. The van der Waals surface area contributed by atoms with Crippen LogP contribution in [0.5, 0.6) is 23.0 Å². The first-order chi connectivity index (χ1) is 14.1. The normalized spacial score (nSPS) is 13.0. The Morgan fingerprint density at radius 3 is 2.52 bits per heavy atom. The van der Waals surface area contributed by atoms with Crippen LogP contribution in [0.1, 0.15) is 11.4 Å². The predicted octanol–water partition coefficient (Wildman–Crippen LogP) is 2.34. The maximum absolute atomic E-state index is 12.5. The zero-order valence-electron chi connectivity index (χ0n) is 16.7. The average molecular weight is 397 g/mol. The lowest BCUT2D eigenvalue weighted by Gasteiger charge is -2.21. The molecule has 29 heavy (non-hydrogen) atoms. The van der Waals surface area contributed by atoms with Gasteiger partial charge in [0.25, 0.3) is 5.56 Å². The first-order valence-corrected chi connectivity index (χ1v) is 9.29. The number of ether oxygens (including phenoxy) is 4.